The number of hydrogen-bond donors (Lipinski definition) is 1. The summed E-state index contributed by atoms with van der Waals surface area (Å²) in [6, 6.07) is 6.14. The highest BCUT2D eigenvalue weighted by atomic mass is 79.9. The predicted molar refractivity (Wildman–Crippen MR) is 92.8 cm³/mol. The van der Waals surface area contributed by atoms with Crippen LogP contribution < -0.4 is 6.15 Å². The van der Waals surface area contributed by atoms with E-state index in [1.807, 2.05) is 12.3 Å². The maximum atomic E-state index is 4.39. The molecule has 1 unspecified atom stereocenters. The molecule has 0 radical (unpaired) electrons. The van der Waals surface area contributed by atoms with Gasteiger partial charge in [0.1, 0.15) is 0 Å². The summed E-state index contributed by atoms with van der Waals surface area (Å²) in [5.41, 5.74) is 1.17. The lowest BCUT2D eigenvalue weighted by molar-refractivity contribution is 0.555. The molecule has 0 aliphatic rings. The largest absolute Gasteiger partial charge is 0.344 e. The van der Waals surface area contributed by atoms with E-state index in [0.717, 1.165) is 0 Å². The molecule has 0 bridgehead atoms. The van der Waals surface area contributed by atoms with Crippen LogP contribution in [0.15, 0.2) is 24.4 Å². The number of halogens is 1. The summed E-state index contributed by atoms with van der Waals surface area (Å²) in [5.74, 6) is 0. The normalized spacial score (nSPS) is 11.9. The van der Waals surface area contributed by atoms with Crippen LogP contribution in [0.5, 0.6) is 0 Å². The number of alkyl halides is 1. The van der Waals surface area contributed by atoms with Gasteiger partial charge in [-0.2, -0.15) is 0 Å². The lowest BCUT2D eigenvalue weighted by atomic mass is 10.1. The van der Waals surface area contributed by atoms with Crippen molar-refractivity contribution in [1.29, 1.82) is 0 Å². The molecule has 0 aliphatic carbocycles. The van der Waals surface area contributed by atoms with Gasteiger partial charge in [-0.05, 0) is 18.6 Å². The van der Waals surface area contributed by atoms with Crippen molar-refractivity contribution in [2.75, 3.05) is 0 Å². The van der Waals surface area contributed by atoms with E-state index >= 15 is 0 Å². The second-order valence-electron chi connectivity index (χ2n) is 5.34. The lowest BCUT2D eigenvalue weighted by Crippen LogP contribution is -1.93. The summed E-state index contributed by atoms with van der Waals surface area (Å²) in [4.78, 5) is 4.82. The Morgan fingerprint density at radius 1 is 0.950 bits per heavy atom. The lowest BCUT2D eigenvalue weighted by Gasteiger charge is -2.08. The molecule has 20 heavy (non-hydrogen) atoms. The predicted octanol–water partition coefficient (Wildman–Crippen LogP) is 6.60. The third kappa shape index (κ3) is 9.49. The van der Waals surface area contributed by atoms with Crippen LogP contribution in [0.25, 0.3) is 0 Å². The van der Waals surface area contributed by atoms with E-state index in [1.165, 1.54) is 69.9 Å². The second kappa shape index (κ2) is 13.6. The molecule has 0 fully saturated rings. The SMILES string of the molecule is CCCCCCCCCCCC(Br)c1ccccn1.N. The number of nitrogens with zero attached hydrogens (tertiary/aromatic N) is 1. The summed E-state index contributed by atoms with van der Waals surface area (Å²) in [7, 11) is 0. The van der Waals surface area contributed by atoms with Gasteiger partial charge in [0.15, 0.2) is 0 Å². The zero-order chi connectivity index (χ0) is 13.8. The van der Waals surface area contributed by atoms with Gasteiger partial charge in [-0.15, -0.1) is 0 Å². The van der Waals surface area contributed by atoms with Crippen LogP contribution in [0.3, 0.4) is 0 Å². The number of unbranched alkanes of at least 4 members (excludes halogenated alkanes) is 8. The van der Waals surface area contributed by atoms with E-state index < -0.39 is 0 Å². The number of hydrogen-bond acceptors (Lipinski definition) is 2. The standard InChI is InChI=1S/C17H28BrN.H3N/c1-2-3-4-5-6-7-8-9-10-13-16(18)17-14-11-12-15-19-17;/h11-12,14-16H,2-10,13H2,1H3;1H3. The Balaban J connectivity index is 0.00000361. The number of pyridine rings is 1. The highest BCUT2D eigenvalue weighted by Crippen LogP contribution is 2.26. The molecule has 0 aromatic carbocycles. The summed E-state index contributed by atoms with van der Waals surface area (Å²) < 4.78 is 0. The number of rotatable bonds is 11. The van der Waals surface area contributed by atoms with Gasteiger partial charge in [0.2, 0.25) is 0 Å². The van der Waals surface area contributed by atoms with Crippen LogP contribution in [0.2, 0.25) is 0 Å². The van der Waals surface area contributed by atoms with E-state index in [-0.39, 0.29) is 6.15 Å². The fraction of sp³-hybridized carbons (Fsp3) is 0.706. The average Bonchev–Trinajstić information content (AvgIpc) is 2.46. The first kappa shape index (κ1) is 19.6. The zero-order valence-electron chi connectivity index (χ0n) is 13.0. The van der Waals surface area contributed by atoms with Crippen LogP contribution in [-0.4, -0.2) is 4.98 Å². The molecule has 1 aromatic heterocycles. The van der Waals surface area contributed by atoms with Gasteiger partial charge in [0, 0.05) is 6.20 Å². The number of aromatic nitrogens is 1. The Kier molecular flexibility index (Phi) is 13.3. The van der Waals surface area contributed by atoms with Crippen LogP contribution in [0.1, 0.15) is 81.7 Å². The van der Waals surface area contributed by atoms with E-state index in [0.29, 0.717) is 4.83 Å². The van der Waals surface area contributed by atoms with E-state index in [2.05, 4.69) is 40.0 Å². The second-order valence-corrected chi connectivity index (χ2v) is 6.44. The Morgan fingerprint density at radius 3 is 2.10 bits per heavy atom. The summed E-state index contributed by atoms with van der Waals surface area (Å²) >= 11 is 3.73. The van der Waals surface area contributed by atoms with E-state index in [4.69, 9.17) is 0 Å². The Hall–Kier alpha value is -0.410. The van der Waals surface area contributed by atoms with Crippen molar-refractivity contribution >= 4 is 15.9 Å². The zero-order valence-corrected chi connectivity index (χ0v) is 14.6. The van der Waals surface area contributed by atoms with E-state index in [9.17, 15) is 0 Å². The molecule has 0 saturated heterocycles. The summed E-state index contributed by atoms with van der Waals surface area (Å²) in [6.45, 7) is 2.28. The van der Waals surface area contributed by atoms with Crippen molar-refractivity contribution in [2.24, 2.45) is 0 Å². The molecule has 0 spiro atoms. The monoisotopic (exact) mass is 342 g/mol. The maximum Gasteiger partial charge on any atom is 0.0568 e. The smallest absolute Gasteiger partial charge is 0.0568 e. The molecular weight excluding hydrogens is 312 g/mol. The van der Waals surface area contributed by atoms with Crippen molar-refractivity contribution in [3.8, 4) is 0 Å². The Bertz CT molecular complexity index is 303. The van der Waals surface area contributed by atoms with Gasteiger partial charge >= 0.3 is 0 Å². The van der Waals surface area contributed by atoms with Gasteiger partial charge in [-0.1, -0.05) is 86.7 Å². The molecule has 1 aromatic rings. The minimum atomic E-state index is 0. The molecular formula is C17H31BrN2. The van der Waals surface area contributed by atoms with E-state index in [1.54, 1.807) is 0 Å². The summed E-state index contributed by atoms with van der Waals surface area (Å²) in [5, 5.41) is 0. The quantitative estimate of drug-likeness (QED) is 0.363. The molecule has 1 heterocycles. The highest BCUT2D eigenvalue weighted by molar-refractivity contribution is 9.09. The minimum absolute atomic E-state index is 0. The van der Waals surface area contributed by atoms with Crippen molar-refractivity contribution in [2.45, 2.75) is 76.0 Å². The highest BCUT2D eigenvalue weighted by Gasteiger charge is 2.07. The first-order chi connectivity index (χ1) is 9.34. The molecule has 1 atom stereocenters. The fourth-order valence-corrected chi connectivity index (χ4v) is 2.94. The third-order valence-electron chi connectivity index (χ3n) is 3.57. The molecule has 0 amide bonds. The minimum Gasteiger partial charge on any atom is -0.344 e. The topological polar surface area (TPSA) is 47.9 Å². The molecule has 1 rings (SSSR count). The van der Waals surface area contributed by atoms with Gasteiger partial charge in [-0.25, -0.2) is 0 Å². The molecule has 116 valence electrons. The van der Waals surface area contributed by atoms with Gasteiger partial charge in [0.25, 0.3) is 0 Å². The van der Waals surface area contributed by atoms with Gasteiger partial charge in [0.05, 0.1) is 10.5 Å². The van der Waals surface area contributed by atoms with Crippen LogP contribution in [0.4, 0.5) is 0 Å². The summed E-state index contributed by atoms with van der Waals surface area (Å²) in [6.07, 6.45) is 15.6. The molecule has 3 N–H and O–H groups in total. The molecule has 3 heteroatoms. The first-order valence-corrected chi connectivity index (χ1v) is 8.81. The first-order valence-electron chi connectivity index (χ1n) is 7.89. The third-order valence-corrected chi connectivity index (χ3v) is 4.50. The Labute approximate surface area is 133 Å². The maximum absolute atomic E-state index is 4.39. The van der Waals surface area contributed by atoms with Crippen molar-refractivity contribution in [3.63, 3.8) is 0 Å². The van der Waals surface area contributed by atoms with Gasteiger partial charge in [-0.3, -0.25) is 4.98 Å². The molecule has 0 aliphatic heterocycles. The fourth-order valence-electron chi connectivity index (χ4n) is 2.34. The van der Waals surface area contributed by atoms with Gasteiger partial charge < -0.3 is 6.15 Å². The van der Waals surface area contributed by atoms with Crippen LogP contribution in [0, 0.1) is 0 Å². The Morgan fingerprint density at radius 2 is 1.55 bits per heavy atom. The van der Waals surface area contributed by atoms with Crippen LogP contribution in [-0.2, 0) is 0 Å². The van der Waals surface area contributed by atoms with Crippen molar-refractivity contribution in [3.05, 3.63) is 30.1 Å². The average molecular weight is 343 g/mol. The molecule has 0 saturated carbocycles. The van der Waals surface area contributed by atoms with Crippen LogP contribution >= 0.6 is 15.9 Å². The van der Waals surface area contributed by atoms with Crippen molar-refractivity contribution in [1.82, 2.24) is 11.1 Å². The molecule has 2 nitrogen and oxygen atoms in total. The van der Waals surface area contributed by atoms with Crippen molar-refractivity contribution < 1.29 is 0 Å².